The van der Waals surface area contributed by atoms with Crippen LogP contribution in [0.15, 0.2) is 41.6 Å². The van der Waals surface area contributed by atoms with E-state index in [-0.39, 0.29) is 14.2 Å². The molecule has 2 nitrogen and oxygen atoms in total. The molecule has 0 aliphatic carbocycles. The van der Waals surface area contributed by atoms with Gasteiger partial charge in [0.1, 0.15) is 0 Å². The molecule has 1 heterocycles. The van der Waals surface area contributed by atoms with E-state index >= 15 is 0 Å². The first-order chi connectivity index (χ1) is 10.2. The highest BCUT2D eigenvalue weighted by Crippen LogP contribution is 2.34. The summed E-state index contributed by atoms with van der Waals surface area (Å²) < 4.78 is 13.6. The van der Waals surface area contributed by atoms with Crippen LogP contribution in [0.25, 0.3) is 0 Å². The summed E-state index contributed by atoms with van der Waals surface area (Å²) in [6.07, 6.45) is 2.21. The Kier molecular flexibility index (Phi) is 5.51. The number of hydrogen-bond acceptors (Lipinski definition) is 2. The van der Waals surface area contributed by atoms with Gasteiger partial charge < -0.3 is 8.54 Å². The fraction of sp³-hybridized carbons (Fsp3) is 0.500. The van der Waals surface area contributed by atoms with Crippen LogP contribution < -0.4 is 5.19 Å². The minimum absolute atomic E-state index is 0.0265. The lowest BCUT2D eigenvalue weighted by atomic mass is 10.2. The van der Waals surface area contributed by atoms with E-state index in [1.165, 1.54) is 16.4 Å². The van der Waals surface area contributed by atoms with Crippen molar-refractivity contribution in [1.82, 2.24) is 0 Å². The molecule has 0 amide bonds. The first-order valence-electron chi connectivity index (χ1n) is 8.20. The summed E-state index contributed by atoms with van der Waals surface area (Å²) in [6, 6.07) is 12.2. The Balaban J connectivity index is 2.41. The summed E-state index contributed by atoms with van der Waals surface area (Å²) in [6.45, 7) is 14.0. The molecule has 1 atom stereocenters. The normalized spacial score (nSPS) is 29.3. The Morgan fingerprint density at radius 2 is 1.95 bits per heavy atom. The van der Waals surface area contributed by atoms with Gasteiger partial charge in [-0.3, -0.25) is 0 Å². The number of benzene rings is 1. The zero-order chi connectivity index (χ0) is 16.4. The van der Waals surface area contributed by atoms with Crippen LogP contribution in [0.3, 0.4) is 0 Å². The second kappa shape index (κ2) is 6.70. The van der Waals surface area contributed by atoms with Gasteiger partial charge in [-0.1, -0.05) is 54.7 Å². The molecule has 122 valence electrons. The van der Waals surface area contributed by atoms with Crippen LogP contribution in [-0.4, -0.2) is 39.6 Å². The van der Waals surface area contributed by atoms with Crippen molar-refractivity contribution in [3.05, 3.63) is 41.6 Å². The largest absolute Gasteiger partial charge is 0.437 e. The maximum absolute atomic E-state index is 6.80. The molecule has 0 radical (unpaired) electrons. The first-order valence-corrected chi connectivity index (χ1v) is 19.2. The second-order valence-corrected chi connectivity index (χ2v) is 30.6. The molecule has 2 rings (SSSR count). The monoisotopic (exact) mass is 366 g/mol. The van der Waals surface area contributed by atoms with Crippen molar-refractivity contribution in [2.24, 2.45) is 0 Å². The third-order valence-electron chi connectivity index (χ3n) is 4.30. The van der Waals surface area contributed by atoms with E-state index in [2.05, 4.69) is 77.2 Å². The summed E-state index contributed by atoms with van der Waals surface area (Å²) in [5, 5.41) is 2.81. The van der Waals surface area contributed by atoms with Gasteiger partial charge in [-0.2, -0.15) is 0 Å². The van der Waals surface area contributed by atoms with Gasteiger partial charge in [0, 0.05) is 7.59 Å². The molecule has 1 unspecified atom stereocenters. The van der Waals surface area contributed by atoms with Crippen LogP contribution in [0, 0.1) is 0 Å². The minimum atomic E-state index is -2.19. The summed E-state index contributed by atoms with van der Waals surface area (Å²) in [5.74, 6) is 0. The van der Waals surface area contributed by atoms with Crippen LogP contribution >= 0.6 is 0 Å². The average molecular weight is 367 g/mol. The Morgan fingerprint density at radius 3 is 2.50 bits per heavy atom. The lowest BCUT2D eigenvalue weighted by Crippen LogP contribution is -2.73. The fourth-order valence-electron chi connectivity index (χ4n) is 3.69. The number of allylic oxidation sites excluding steroid dienone is 2. The molecule has 1 aliphatic rings. The van der Waals surface area contributed by atoms with Crippen molar-refractivity contribution >= 4 is 39.2 Å². The quantitative estimate of drug-likeness (QED) is 0.759. The molecule has 0 aromatic heterocycles. The Labute approximate surface area is 141 Å². The van der Waals surface area contributed by atoms with Crippen LogP contribution in [0.2, 0.25) is 19.1 Å². The predicted molar refractivity (Wildman–Crippen MR) is 107 cm³/mol. The molecule has 22 heavy (non-hydrogen) atoms. The molecule has 1 aliphatic heterocycles. The van der Waals surface area contributed by atoms with Crippen LogP contribution in [-0.2, 0) is 8.54 Å². The highest BCUT2D eigenvalue weighted by molar-refractivity contribution is 7.53. The van der Waals surface area contributed by atoms with Gasteiger partial charge in [-0.25, -0.2) is 0 Å². The van der Waals surface area contributed by atoms with E-state index in [1.807, 2.05) is 0 Å². The molecular formula is C16H30O2Si4. The number of hydrogen-bond donors (Lipinski definition) is 0. The maximum atomic E-state index is 6.80. The van der Waals surface area contributed by atoms with Crippen LogP contribution in [0.1, 0.15) is 27.7 Å². The average Bonchev–Trinajstić information content (AvgIpc) is 2.42. The smallest absolute Gasteiger partial charge is 0.329 e. The minimum Gasteiger partial charge on any atom is -0.437 e. The summed E-state index contributed by atoms with van der Waals surface area (Å²) in [5.41, 5.74) is -0.0265. The molecule has 1 aromatic rings. The van der Waals surface area contributed by atoms with Gasteiger partial charge in [0.05, 0.1) is 14.2 Å². The molecule has 1 fully saturated rings. The molecule has 0 bridgehead atoms. The summed E-state index contributed by atoms with van der Waals surface area (Å²) >= 11 is 0. The van der Waals surface area contributed by atoms with Crippen molar-refractivity contribution in [2.75, 3.05) is 0 Å². The van der Waals surface area contributed by atoms with Crippen molar-refractivity contribution in [1.29, 1.82) is 0 Å². The van der Waals surface area contributed by atoms with Gasteiger partial charge >= 0.3 is 8.08 Å². The topological polar surface area (TPSA) is 18.5 Å². The molecular weight excluding hydrogens is 337 g/mol. The Morgan fingerprint density at radius 1 is 1.32 bits per heavy atom. The van der Waals surface area contributed by atoms with Crippen molar-refractivity contribution < 1.29 is 8.54 Å². The fourth-order valence-corrected chi connectivity index (χ4v) is 41.2. The van der Waals surface area contributed by atoms with E-state index < -0.39 is 25.4 Å². The van der Waals surface area contributed by atoms with E-state index in [0.717, 1.165) is 0 Å². The molecule has 1 aromatic carbocycles. The van der Waals surface area contributed by atoms with Crippen LogP contribution in [0.5, 0.6) is 0 Å². The van der Waals surface area contributed by atoms with Crippen molar-refractivity contribution in [3.63, 3.8) is 0 Å². The van der Waals surface area contributed by atoms with Gasteiger partial charge in [-0.15, -0.1) is 0 Å². The molecule has 0 N–H and O–H groups in total. The molecule has 0 saturated carbocycles. The third-order valence-corrected chi connectivity index (χ3v) is 34.2. The zero-order valence-corrected chi connectivity index (χ0v) is 19.7. The van der Waals surface area contributed by atoms with Gasteiger partial charge in [0.25, 0.3) is 0 Å². The Hall–Kier alpha value is -0.252. The Bertz CT molecular complexity index is 524. The highest BCUT2D eigenvalue weighted by atomic mass is 29.6. The highest BCUT2D eigenvalue weighted by Gasteiger charge is 2.54. The van der Waals surface area contributed by atoms with Gasteiger partial charge in [0.2, 0.25) is 0 Å². The van der Waals surface area contributed by atoms with Crippen LogP contribution in [0.4, 0.5) is 0 Å². The third kappa shape index (κ3) is 4.39. The first kappa shape index (κ1) is 18.1. The van der Waals surface area contributed by atoms with Gasteiger partial charge in [-0.05, 0) is 38.9 Å². The summed E-state index contributed by atoms with van der Waals surface area (Å²) in [4.78, 5) is 0. The standard InChI is InChI=1S/C16H30O2Si4/c1-7-14(2)19-18-22(15-11-9-8-10-12-15)17-16(3,4)13-21(5,6)20-22/h7-12H,13,19-20H2,1-6H3. The SMILES string of the molecule is CC=C(C)[SiH2]O[Si]1(c2ccccc2)OC(C)(C)C[Si](C)(C)[SiH2]1. The van der Waals surface area contributed by atoms with E-state index in [0.29, 0.717) is 0 Å². The van der Waals surface area contributed by atoms with E-state index in [9.17, 15) is 0 Å². The maximum Gasteiger partial charge on any atom is 0.329 e. The molecule has 1 saturated heterocycles. The second-order valence-electron chi connectivity index (χ2n) is 7.92. The number of rotatable bonds is 4. The lowest BCUT2D eigenvalue weighted by Gasteiger charge is -2.49. The summed E-state index contributed by atoms with van der Waals surface area (Å²) in [7, 11) is -4.35. The molecule has 6 heteroatoms. The van der Waals surface area contributed by atoms with Crippen molar-refractivity contribution in [2.45, 2.75) is 52.4 Å². The van der Waals surface area contributed by atoms with E-state index in [1.54, 1.807) is 0 Å². The predicted octanol–water partition coefficient (Wildman–Crippen LogP) is 2.04. The van der Waals surface area contributed by atoms with Gasteiger partial charge in [0.15, 0.2) is 9.76 Å². The molecule has 0 spiro atoms. The lowest BCUT2D eigenvalue weighted by molar-refractivity contribution is 0.101. The zero-order valence-electron chi connectivity index (χ0n) is 14.9. The van der Waals surface area contributed by atoms with Crippen molar-refractivity contribution in [3.8, 4) is 0 Å². The van der Waals surface area contributed by atoms with E-state index in [4.69, 9.17) is 8.54 Å².